The summed E-state index contributed by atoms with van der Waals surface area (Å²) in [4.78, 5) is 7.79. The van der Waals surface area contributed by atoms with Crippen molar-refractivity contribution in [1.82, 2.24) is 15.0 Å². The molecule has 0 aliphatic carbocycles. The third-order valence-electron chi connectivity index (χ3n) is 1.85. The summed E-state index contributed by atoms with van der Waals surface area (Å²) in [6, 6.07) is 1.69. The molecule has 6 nitrogen and oxygen atoms in total. The average molecular weight is 222 g/mol. The summed E-state index contributed by atoms with van der Waals surface area (Å²) in [7, 11) is 0. The smallest absolute Gasteiger partial charge is 0.220 e. The van der Waals surface area contributed by atoms with E-state index in [4.69, 9.17) is 17.3 Å². The lowest BCUT2D eigenvalue weighted by molar-refractivity contribution is 0.343. The standard InChI is InChI=1S/C10H18N6/c1-7(2)5-16(13)6-8(11)9-3-4-14-10(12)15-9/h3-4,6-7H,5,11,13H2,1-2H3,(H2,12,14,15)/b8-6-. The van der Waals surface area contributed by atoms with E-state index in [1.165, 1.54) is 5.01 Å². The van der Waals surface area contributed by atoms with Crippen LogP contribution in [0.15, 0.2) is 18.5 Å². The van der Waals surface area contributed by atoms with E-state index in [0.29, 0.717) is 17.3 Å². The van der Waals surface area contributed by atoms with Gasteiger partial charge in [0.05, 0.1) is 11.4 Å². The average Bonchev–Trinajstić information content (AvgIpc) is 2.16. The van der Waals surface area contributed by atoms with Gasteiger partial charge < -0.3 is 16.5 Å². The molecule has 1 aromatic rings. The van der Waals surface area contributed by atoms with Crippen LogP contribution in [0.1, 0.15) is 19.5 Å². The normalized spacial score (nSPS) is 11.9. The molecule has 1 rings (SSSR count). The van der Waals surface area contributed by atoms with Crippen molar-refractivity contribution in [2.75, 3.05) is 12.3 Å². The van der Waals surface area contributed by atoms with Gasteiger partial charge in [0.15, 0.2) is 0 Å². The van der Waals surface area contributed by atoms with Gasteiger partial charge in [-0.2, -0.15) is 0 Å². The zero-order valence-electron chi connectivity index (χ0n) is 9.59. The second kappa shape index (κ2) is 5.32. The van der Waals surface area contributed by atoms with Crippen LogP contribution in [0.3, 0.4) is 0 Å². The zero-order chi connectivity index (χ0) is 12.1. The molecule has 0 amide bonds. The first-order chi connectivity index (χ1) is 7.49. The Morgan fingerprint density at radius 3 is 2.81 bits per heavy atom. The van der Waals surface area contributed by atoms with Crippen LogP contribution in [-0.4, -0.2) is 21.5 Å². The summed E-state index contributed by atoms with van der Waals surface area (Å²) in [6.45, 7) is 4.88. The lowest BCUT2D eigenvalue weighted by Crippen LogP contribution is -2.30. The predicted octanol–water partition coefficient (Wildman–Crippen LogP) is 0.148. The lowest BCUT2D eigenvalue weighted by Gasteiger charge is -2.16. The van der Waals surface area contributed by atoms with E-state index in [9.17, 15) is 0 Å². The summed E-state index contributed by atoms with van der Waals surface area (Å²) in [5.74, 6) is 6.41. The van der Waals surface area contributed by atoms with Crippen LogP contribution in [-0.2, 0) is 0 Å². The van der Waals surface area contributed by atoms with Crippen molar-refractivity contribution in [2.45, 2.75) is 13.8 Å². The molecule has 0 saturated heterocycles. The van der Waals surface area contributed by atoms with Crippen LogP contribution in [0.5, 0.6) is 0 Å². The number of hydrazine groups is 1. The van der Waals surface area contributed by atoms with Gasteiger partial charge in [0, 0.05) is 18.9 Å². The molecule has 88 valence electrons. The van der Waals surface area contributed by atoms with Crippen LogP contribution >= 0.6 is 0 Å². The van der Waals surface area contributed by atoms with E-state index in [1.54, 1.807) is 18.5 Å². The Morgan fingerprint density at radius 2 is 2.25 bits per heavy atom. The van der Waals surface area contributed by atoms with Crippen LogP contribution in [0.4, 0.5) is 5.95 Å². The molecule has 0 spiro atoms. The molecule has 0 aromatic carbocycles. The maximum Gasteiger partial charge on any atom is 0.220 e. The summed E-state index contributed by atoms with van der Waals surface area (Å²) >= 11 is 0. The van der Waals surface area contributed by atoms with E-state index in [2.05, 4.69) is 23.8 Å². The van der Waals surface area contributed by atoms with E-state index in [0.717, 1.165) is 6.54 Å². The number of anilines is 1. The molecule has 1 heterocycles. The minimum atomic E-state index is 0.196. The van der Waals surface area contributed by atoms with E-state index in [1.807, 2.05) is 0 Å². The van der Waals surface area contributed by atoms with Crippen molar-refractivity contribution in [1.29, 1.82) is 0 Å². The van der Waals surface area contributed by atoms with E-state index in [-0.39, 0.29) is 5.95 Å². The summed E-state index contributed by atoms with van der Waals surface area (Å²) in [6.07, 6.45) is 3.20. The zero-order valence-corrected chi connectivity index (χ0v) is 9.59. The first kappa shape index (κ1) is 12.3. The molecule has 16 heavy (non-hydrogen) atoms. The van der Waals surface area contributed by atoms with Gasteiger partial charge >= 0.3 is 0 Å². The molecule has 0 radical (unpaired) electrons. The molecule has 0 bridgehead atoms. The second-order valence-corrected chi connectivity index (χ2v) is 3.98. The maximum absolute atomic E-state index is 5.83. The van der Waals surface area contributed by atoms with Gasteiger partial charge in [-0.3, -0.25) is 0 Å². The molecule has 0 saturated carbocycles. The van der Waals surface area contributed by atoms with Crippen LogP contribution < -0.4 is 17.3 Å². The Bertz CT molecular complexity index is 373. The molecule has 0 aliphatic rings. The van der Waals surface area contributed by atoms with Crippen LogP contribution in [0.2, 0.25) is 0 Å². The Morgan fingerprint density at radius 1 is 1.56 bits per heavy atom. The molecule has 0 atom stereocenters. The van der Waals surface area contributed by atoms with E-state index >= 15 is 0 Å². The van der Waals surface area contributed by atoms with Crippen molar-refractivity contribution in [3.63, 3.8) is 0 Å². The molecular formula is C10H18N6. The fourth-order valence-electron chi connectivity index (χ4n) is 1.25. The predicted molar refractivity (Wildman–Crippen MR) is 64.3 cm³/mol. The van der Waals surface area contributed by atoms with Gasteiger partial charge in [-0.15, -0.1) is 0 Å². The molecule has 0 unspecified atom stereocenters. The monoisotopic (exact) mass is 222 g/mol. The van der Waals surface area contributed by atoms with Gasteiger partial charge in [0.1, 0.15) is 0 Å². The minimum absolute atomic E-state index is 0.196. The number of rotatable bonds is 4. The number of nitrogens with zero attached hydrogens (tertiary/aromatic N) is 3. The van der Waals surface area contributed by atoms with Gasteiger partial charge in [0.25, 0.3) is 0 Å². The maximum atomic E-state index is 5.83. The number of aromatic nitrogens is 2. The van der Waals surface area contributed by atoms with Crippen molar-refractivity contribution in [3.8, 4) is 0 Å². The van der Waals surface area contributed by atoms with Crippen molar-refractivity contribution in [2.24, 2.45) is 17.5 Å². The third-order valence-corrected chi connectivity index (χ3v) is 1.85. The molecule has 0 fully saturated rings. The van der Waals surface area contributed by atoms with E-state index < -0.39 is 0 Å². The quantitative estimate of drug-likeness (QED) is 0.494. The summed E-state index contributed by atoms with van der Waals surface area (Å²) < 4.78 is 0. The van der Waals surface area contributed by atoms with Crippen molar-refractivity contribution in [3.05, 3.63) is 24.2 Å². The van der Waals surface area contributed by atoms with Gasteiger partial charge in [-0.05, 0) is 12.0 Å². The molecular weight excluding hydrogens is 204 g/mol. The highest BCUT2D eigenvalue weighted by Crippen LogP contribution is 2.06. The minimum Gasteiger partial charge on any atom is -0.396 e. The van der Waals surface area contributed by atoms with Gasteiger partial charge in [-0.25, -0.2) is 15.8 Å². The number of hydrogen-bond donors (Lipinski definition) is 3. The Labute approximate surface area is 95.1 Å². The van der Waals surface area contributed by atoms with Crippen LogP contribution in [0.25, 0.3) is 5.70 Å². The molecule has 6 N–H and O–H groups in total. The second-order valence-electron chi connectivity index (χ2n) is 3.98. The fraction of sp³-hybridized carbons (Fsp3) is 0.400. The third kappa shape index (κ3) is 3.74. The van der Waals surface area contributed by atoms with Gasteiger partial charge in [-0.1, -0.05) is 13.8 Å². The summed E-state index contributed by atoms with van der Waals surface area (Å²) in [5, 5.41) is 1.54. The topological polar surface area (TPSA) is 107 Å². The highest BCUT2D eigenvalue weighted by atomic mass is 15.4. The van der Waals surface area contributed by atoms with Crippen molar-refractivity contribution < 1.29 is 0 Å². The largest absolute Gasteiger partial charge is 0.396 e. The van der Waals surface area contributed by atoms with Crippen LogP contribution in [0, 0.1) is 5.92 Å². The highest BCUT2D eigenvalue weighted by Gasteiger charge is 2.03. The SMILES string of the molecule is CC(C)CN(N)/C=C(\N)c1ccnc(N)n1. The Balaban J connectivity index is 2.77. The first-order valence-corrected chi connectivity index (χ1v) is 5.06. The number of hydrogen-bond acceptors (Lipinski definition) is 6. The number of nitrogens with two attached hydrogens (primary N) is 3. The molecule has 0 aliphatic heterocycles. The Kier molecular flexibility index (Phi) is 4.07. The fourth-order valence-corrected chi connectivity index (χ4v) is 1.25. The molecule has 6 heteroatoms. The first-order valence-electron chi connectivity index (χ1n) is 5.06. The number of nitrogen functional groups attached to an aromatic ring is 1. The van der Waals surface area contributed by atoms with Gasteiger partial charge in [0.2, 0.25) is 5.95 Å². The summed E-state index contributed by atoms with van der Waals surface area (Å²) in [5.41, 5.74) is 12.3. The lowest BCUT2D eigenvalue weighted by atomic mass is 10.2. The Hall–Kier alpha value is -1.82. The molecule has 1 aromatic heterocycles. The highest BCUT2D eigenvalue weighted by molar-refractivity contribution is 5.59. The van der Waals surface area contributed by atoms with Crippen molar-refractivity contribution >= 4 is 11.6 Å².